The fourth-order valence-electron chi connectivity index (χ4n) is 2.38. The number of methoxy groups -OCH3 is 1. The smallest absolute Gasteiger partial charge is 0.338 e. The lowest BCUT2D eigenvalue weighted by atomic mass is 10.2. The number of halogens is 2. The minimum Gasteiger partial charge on any atom is -0.492 e. The molecule has 0 radical (unpaired) electrons. The van der Waals surface area contributed by atoms with Crippen molar-refractivity contribution in [2.75, 3.05) is 13.7 Å². The molecule has 0 aliphatic rings. The molecule has 0 saturated carbocycles. The molecule has 0 N–H and O–H groups in total. The van der Waals surface area contributed by atoms with Crippen LogP contribution in [0.4, 0.5) is 0 Å². The predicted molar refractivity (Wildman–Crippen MR) is 106 cm³/mol. The highest BCUT2D eigenvalue weighted by Crippen LogP contribution is 2.36. The van der Waals surface area contributed by atoms with Gasteiger partial charge in [-0.2, -0.15) is 0 Å². The predicted octanol–water partition coefficient (Wildman–Crippen LogP) is 4.92. The molecular weight excluding hydrogens is 452 g/mol. The summed E-state index contributed by atoms with van der Waals surface area (Å²) in [5.74, 6) is 0.872. The Morgan fingerprint density at radius 1 is 1.21 bits per heavy atom. The number of hydrogen-bond donors (Lipinski definition) is 0. The Balaban J connectivity index is 1.70. The largest absolute Gasteiger partial charge is 0.492 e. The summed E-state index contributed by atoms with van der Waals surface area (Å²) in [6.07, 6.45) is 0. The minimum absolute atomic E-state index is 0.160. The number of carbonyl (C=O) groups excluding carboxylic acids is 1. The fraction of sp³-hybridized carbons (Fsp3) is 0.211. The molecule has 1 heterocycles. The molecule has 0 amide bonds. The molecule has 2 aromatic carbocycles. The lowest BCUT2D eigenvalue weighted by Crippen LogP contribution is -2.07. The highest BCUT2D eigenvalue weighted by molar-refractivity contribution is 9.10. The second-order valence-corrected chi connectivity index (χ2v) is 6.80. The average molecular weight is 468 g/mol. The summed E-state index contributed by atoms with van der Waals surface area (Å²) in [4.78, 5) is 12.4. The molecule has 0 aliphatic heterocycles. The molecule has 0 bridgehead atoms. The third-order valence-electron chi connectivity index (χ3n) is 3.63. The Morgan fingerprint density at radius 3 is 2.64 bits per heavy atom. The molecule has 146 valence electrons. The molecule has 0 aliphatic carbocycles. The highest BCUT2D eigenvalue weighted by Gasteiger charge is 2.17. The van der Waals surface area contributed by atoms with Crippen LogP contribution in [0.15, 0.2) is 45.3 Å². The van der Waals surface area contributed by atoms with E-state index in [0.717, 1.165) is 5.56 Å². The summed E-state index contributed by atoms with van der Waals surface area (Å²) in [6.45, 7) is 2.11. The van der Waals surface area contributed by atoms with Gasteiger partial charge in [-0.3, -0.25) is 0 Å². The van der Waals surface area contributed by atoms with E-state index >= 15 is 0 Å². The molecule has 0 saturated heterocycles. The van der Waals surface area contributed by atoms with Gasteiger partial charge in [-0.25, -0.2) is 4.79 Å². The molecule has 1 aromatic heterocycles. The molecule has 0 atom stereocenters. The second kappa shape index (κ2) is 9.07. The van der Waals surface area contributed by atoms with E-state index in [-0.39, 0.29) is 12.5 Å². The molecule has 0 spiro atoms. The van der Waals surface area contributed by atoms with Crippen molar-refractivity contribution in [3.8, 4) is 23.0 Å². The number of esters is 1. The van der Waals surface area contributed by atoms with Gasteiger partial charge in [-0.05, 0) is 59.3 Å². The van der Waals surface area contributed by atoms with E-state index in [0.29, 0.717) is 39.1 Å². The van der Waals surface area contributed by atoms with Crippen LogP contribution in [0, 0.1) is 0 Å². The molecule has 28 heavy (non-hydrogen) atoms. The van der Waals surface area contributed by atoms with E-state index in [9.17, 15) is 4.79 Å². The van der Waals surface area contributed by atoms with Crippen molar-refractivity contribution in [2.24, 2.45) is 0 Å². The Bertz CT molecular complexity index is 975. The van der Waals surface area contributed by atoms with E-state index in [4.69, 9.17) is 30.2 Å². The quantitative estimate of drug-likeness (QED) is 0.456. The maximum absolute atomic E-state index is 12.4. The third-order valence-corrected chi connectivity index (χ3v) is 4.47. The van der Waals surface area contributed by atoms with Crippen LogP contribution < -0.4 is 9.47 Å². The van der Waals surface area contributed by atoms with Gasteiger partial charge in [-0.15, -0.1) is 10.2 Å². The maximum atomic E-state index is 12.4. The maximum Gasteiger partial charge on any atom is 0.338 e. The first kappa shape index (κ1) is 20.2. The van der Waals surface area contributed by atoms with Gasteiger partial charge < -0.3 is 18.6 Å². The first-order valence-corrected chi connectivity index (χ1v) is 9.44. The molecule has 7 nitrogen and oxygen atoms in total. The second-order valence-electron chi connectivity index (χ2n) is 5.51. The summed E-state index contributed by atoms with van der Waals surface area (Å²) in [7, 11) is 1.52. The van der Waals surface area contributed by atoms with Gasteiger partial charge in [0, 0.05) is 10.6 Å². The number of aromatic nitrogens is 2. The topological polar surface area (TPSA) is 83.7 Å². The van der Waals surface area contributed by atoms with Crippen LogP contribution >= 0.6 is 27.5 Å². The van der Waals surface area contributed by atoms with Crippen LogP contribution in [0.1, 0.15) is 23.2 Å². The molecule has 3 rings (SSSR count). The molecule has 9 heteroatoms. The summed E-state index contributed by atoms with van der Waals surface area (Å²) in [6, 6.07) is 10.1. The van der Waals surface area contributed by atoms with E-state index < -0.39 is 5.97 Å². The molecule has 3 aromatic rings. The van der Waals surface area contributed by atoms with E-state index in [1.54, 1.807) is 36.4 Å². The number of ether oxygens (including phenoxy) is 3. The SMILES string of the molecule is CCOc1cc(C(=O)OCc2nnc(-c3ccc(Cl)cc3)o2)cc(Br)c1OC. The molecule has 0 fully saturated rings. The number of hydrogen-bond acceptors (Lipinski definition) is 7. The molecular formula is C19H16BrClN2O5. The first-order chi connectivity index (χ1) is 13.5. The summed E-state index contributed by atoms with van der Waals surface area (Å²) < 4.78 is 22.2. The monoisotopic (exact) mass is 466 g/mol. The van der Waals surface area contributed by atoms with Gasteiger partial charge in [0.05, 0.1) is 23.8 Å². The standard InChI is InChI=1S/C19H16BrClN2O5/c1-3-26-15-9-12(8-14(20)17(15)25-2)19(24)27-10-16-22-23-18(28-16)11-4-6-13(21)7-5-11/h4-9H,3,10H2,1-2H3. The zero-order chi connectivity index (χ0) is 20.1. The Labute approximate surface area is 174 Å². The highest BCUT2D eigenvalue weighted by atomic mass is 79.9. The van der Waals surface area contributed by atoms with Gasteiger partial charge in [0.25, 0.3) is 5.89 Å². The number of benzene rings is 2. The Kier molecular flexibility index (Phi) is 6.53. The van der Waals surface area contributed by atoms with Crippen molar-refractivity contribution in [3.05, 3.63) is 57.3 Å². The zero-order valence-electron chi connectivity index (χ0n) is 15.1. The van der Waals surface area contributed by atoms with Gasteiger partial charge in [-0.1, -0.05) is 11.6 Å². The minimum atomic E-state index is -0.560. The van der Waals surface area contributed by atoms with Gasteiger partial charge in [0.15, 0.2) is 18.1 Å². The normalized spacial score (nSPS) is 10.6. The van der Waals surface area contributed by atoms with Crippen LogP contribution in [0.3, 0.4) is 0 Å². The van der Waals surface area contributed by atoms with Gasteiger partial charge in [0.1, 0.15) is 0 Å². The van der Waals surface area contributed by atoms with Crippen LogP contribution in [0.5, 0.6) is 11.5 Å². The van der Waals surface area contributed by atoms with Crippen molar-refractivity contribution in [1.29, 1.82) is 0 Å². The Morgan fingerprint density at radius 2 is 1.96 bits per heavy atom. The van der Waals surface area contributed by atoms with E-state index in [1.807, 2.05) is 6.92 Å². The lowest BCUT2D eigenvalue weighted by molar-refractivity contribution is 0.0438. The Hall–Kier alpha value is -2.58. The third kappa shape index (κ3) is 4.63. The van der Waals surface area contributed by atoms with Crippen LogP contribution in [-0.4, -0.2) is 29.9 Å². The average Bonchev–Trinajstić information content (AvgIpc) is 3.15. The lowest BCUT2D eigenvalue weighted by Gasteiger charge is -2.12. The molecule has 0 unspecified atom stereocenters. The van der Waals surface area contributed by atoms with Gasteiger partial charge in [0.2, 0.25) is 5.89 Å². The number of nitrogens with zero attached hydrogens (tertiary/aromatic N) is 2. The van der Waals surface area contributed by atoms with Crippen molar-refractivity contribution in [1.82, 2.24) is 10.2 Å². The van der Waals surface area contributed by atoms with E-state index in [1.165, 1.54) is 7.11 Å². The number of carbonyl (C=O) groups is 1. The summed E-state index contributed by atoms with van der Waals surface area (Å²) in [5.41, 5.74) is 1.02. The van der Waals surface area contributed by atoms with Crippen molar-refractivity contribution >= 4 is 33.5 Å². The van der Waals surface area contributed by atoms with Crippen molar-refractivity contribution in [3.63, 3.8) is 0 Å². The fourth-order valence-corrected chi connectivity index (χ4v) is 3.11. The van der Waals surface area contributed by atoms with Crippen molar-refractivity contribution < 1.29 is 23.4 Å². The first-order valence-electron chi connectivity index (χ1n) is 8.27. The zero-order valence-corrected chi connectivity index (χ0v) is 17.4. The van der Waals surface area contributed by atoms with E-state index in [2.05, 4.69) is 26.1 Å². The van der Waals surface area contributed by atoms with Crippen LogP contribution in [-0.2, 0) is 11.3 Å². The van der Waals surface area contributed by atoms with Crippen LogP contribution in [0.2, 0.25) is 5.02 Å². The van der Waals surface area contributed by atoms with Crippen molar-refractivity contribution in [2.45, 2.75) is 13.5 Å². The van der Waals surface area contributed by atoms with Gasteiger partial charge >= 0.3 is 5.97 Å². The summed E-state index contributed by atoms with van der Waals surface area (Å²) >= 11 is 9.23. The summed E-state index contributed by atoms with van der Waals surface area (Å²) in [5, 5.41) is 8.44. The van der Waals surface area contributed by atoms with Crippen LogP contribution in [0.25, 0.3) is 11.5 Å². The number of rotatable bonds is 7.